The Bertz CT molecular complexity index is 2810. The summed E-state index contributed by atoms with van der Waals surface area (Å²) in [6.07, 6.45) is 0. The van der Waals surface area contributed by atoms with Crippen LogP contribution in [-0.2, 0) is 0 Å². The van der Waals surface area contributed by atoms with Crippen molar-refractivity contribution in [2.24, 2.45) is 0 Å². The van der Waals surface area contributed by atoms with Gasteiger partial charge in [-0.2, -0.15) is 5.26 Å². The molecule has 0 spiro atoms. The highest BCUT2D eigenvalue weighted by molar-refractivity contribution is 6.11. The van der Waals surface area contributed by atoms with Crippen molar-refractivity contribution in [1.29, 1.82) is 5.26 Å². The highest BCUT2D eigenvalue weighted by Crippen LogP contribution is 2.50. The molecule has 1 aliphatic rings. The Hall–Kier alpha value is -7.16. The zero-order valence-electron chi connectivity index (χ0n) is 28.0. The summed E-state index contributed by atoms with van der Waals surface area (Å²) in [5.74, 6) is 1.89. The number of rotatable bonds is 5. The SMILES string of the molecule is N#Cc1cccc(C2c3ccccc3-c3cc4c5ccccc5n(-c5cccc(-c6nc(-c7ccccc7)nc(-c7ccccc7)n6)c5)c4cc32)c1. The van der Waals surface area contributed by atoms with Crippen LogP contribution in [0.5, 0.6) is 0 Å². The van der Waals surface area contributed by atoms with Crippen LogP contribution in [0.1, 0.15) is 28.2 Å². The van der Waals surface area contributed by atoms with Gasteiger partial charge in [0.1, 0.15) is 0 Å². The van der Waals surface area contributed by atoms with E-state index in [0.717, 1.165) is 39.0 Å². The van der Waals surface area contributed by atoms with Crippen molar-refractivity contribution in [1.82, 2.24) is 19.5 Å². The monoisotopic (exact) mass is 663 g/mol. The molecular weight excluding hydrogens is 635 g/mol. The molecule has 0 amide bonds. The van der Waals surface area contributed by atoms with Gasteiger partial charge in [-0.1, -0.05) is 127 Å². The molecule has 7 aromatic carbocycles. The Morgan fingerprint density at radius 2 is 1.10 bits per heavy atom. The molecule has 0 bridgehead atoms. The van der Waals surface area contributed by atoms with Crippen LogP contribution < -0.4 is 0 Å². The van der Waals surface area contributed by atoms with E-state index in [4.69, 9.17) is 15.0 Å². The molecule has 1 aliphatic carbocycles. The number of nitrogens with zero attached hydrogens (tertiary/aromatic N) is 5. The minimum atomic E-state index is 0.0136. The number of fused-ring (bicyclic) bond motifs is 6. The lowest BCUT2D eigenvalue weighted by atomic mass is 9.88. The van der Waals surface area contributed by atoms with Crippen molar-refractivity contribution in [3.8, 4) is 57.0 Å². The van der Waals surface area contributed by atoms with Crippen LogP contribution in [0.15, 0.2) is 170 Å². The molecule has 5 heteroatoms. The molecule has 10 rings (SSSR count). The smallest absolute Gasteiger partial charge is 0.164 e. The molecule has 0 saturated carbocycles. The molecule has 1 atom stereocenters. The molecule has 0 radical (unpaired) electrons. The number of hydrogen-bond donors (Lipinski definition) is 0. The van der Waals surface area contributed by atoms with Gasteiger partial charge in [0, 0.05) is 39.1 Å². The molecule has 0 fully saturated rings. The van der Waals surface area contributed by atoms with E-state index < -0.39 is 0 Å². The summed E-state index contributed by atoms with van der Waals surface area (Å²) < 4.78 is 2.36. The molecule has 5 nitrogen and oxygen atoms in total. The van der Waals surface area contributed by atoms with Gasteiger partial charge in [-0.15, -0.1) is 0 Å². The summed E-state index contributed by atoms with van der Waals surface area (Å²) in [5.41, 5.74) is 12.8. The predicted molar refractivity (Wildman–Crippen MR) is 208 cm³/mol. The second-order valence-corrected chi connectivity index (χ2v) is 13.2. The summed E-state index contributed by atoms with van der Waals surface area (Å²) in [6.45, 7) is 0. The van der Waals surface area contributed by atoms with E-state index >= 15 is 0 Å². The summed E-state index contributed by atoms with van der Waals surface area (Å²) in [7, 11) is 0. The average molecular weight is 664 g/mol. The maximum Gasteiger partial charge on any atom is 0.164 e. The molecule has 9 aromatic rings. The van der Waals surface area contributed by atoms with Gasteiger partial charge in [0.25, 0.3) is 0 Å². The fraction of sp³-hybridized carbons (Fsp3) is 0.0213. The van der Waals surface area contributed by atoms with Gasteiger partial charge in [0.2, 0.25) is 0 Å². The van der Waals surface area contributed by atoms with Gasteiger partial charge >= 0.3 is 0 Å². The number of aromatic nitrogens is 4. The van der Waals surface area contributed by atoms with Gasteiger partial charge in [-0.25, -0.2) is 15.0 Å². The number of hydrogen-bond acceptors (Lipinski definition) is 4. The molecule has 0 N–H and O–H groups in total. The van der Waals surface area contributed by atoms with Gasteiger partial charge in [0.15, 0.2) is 17.5 Å². The zero-order chi connectivity index (χ0) is 34.6. The van der Waals surface area contributed by atoms with Crippen molar-refractivity contribution in [2.75, 3.05) is 0 Å². The second-order valence-electron chi connectivity index (χ2n) is 13.2. The molecule has 52 heavy (non-hydrogen) atoms. The van der Waals surface area contributed by atoms with Gasteiger partial charge in [-0.3, -0.25) is 0 Å². The van der Waals surface area contributed by atoms with Gasteiger partial charge in [-0.05, 0) is 70.3 Å². The average Bonchev–Trinajstić information content (AvgIpc) is 3.72. The summed E-state index contributed by atoms with van der Waals surface area (Å²) >= 11 is 0. The van der Waals surface area contributed by atoms with Crippen LogP contribution in [0.2, 0.25) is 0 Å². The normalized spacial score (nSPS) is 13.2. The largest absolute Gasteiger partial charge is 0.309 e. The Labute approximate surface area is 300 Å². The predicted octanol–water partition coefficient (Wildman–Crippen LogP) is 11.0. The van der Waals surface area contributed by atoms with Crippen LogP contribution in [0.4, 0.5) is 0 Å². The fourth-order valence-corrected chi connectivity index (χ4v) is 7.81. The molecular formula is C47H29N5. The Kier molecular flexibility index (Phi) is 6.87. The molecule has 2 aromatic heterocycles. The first-order valence-electron chi connectivity index (χ1n) is 17.4. The van der Waals surface area contributed by atoms with Crippen LogP contribution >= 0.6 is 0 Å². The number of nitriles is 1. The van der Waals surface area contributed by atoms with Crippen molar-refractivity contribution in [2.45, 2.75) is 5.92 Å². The lowest BCUT2D eigenvalue weighted by Gasteiger charge is -2.16. The topological polar surface area (TPSA) is 67.4 Å². The first kappa shape index (κ1) is 29.7. The summed E-state index contributed by atoms with van der Waals surface area (Å²) in [6, 6.07) is 61.0. The third kappa shape index (κ3) is 4.81. The third-order valence-electron chi connectivity index (χ3n) is 10.1. The quantitative estimate of drug-likeness (QED) is 0.184. The van der Waals surface area contributed by atoms with Crippen molar-refractivity contribution >= 4 is 21.8 Å². The Balaban J connectivity index is 1.19. The fourth-order valence-electron chi connectivity index (χ4n) is 7.81. The molecule has 1 unspecified atom stereocenters. The van der Waals surface area contributed by atoms with Crippen molar-refractivity contribution in [3.05, 3.63) is 192 Å². The standard InChI is InChI=1S/C47H29N5/c48-29-30-13-11-18-33(25-30)44-38-23-8-7-21-36(38)39-27-40-37-22-9-10-24-42(37)52(43(40)28-41(39)44)35-20-12-19-34(26-35)47-50-45(31-14-3-1-4-15-31)49-46(51-47)32-16-5-2-6-17-32/h1-28,44H. The van der Waals surface area contributed by atoms with Crippen LogP contribution in [0.25, 0.3) is 72.8 Å². The minimum absolute atomic E-state index is 0.0136. The molecule has 2 heterocycles. The van der Waals surface area contributed by atoms with Crippen LogP contribution in [0, 0.1) is 11.3 Å². The van der Waals surface area contributed by atoms with E-state index in [2.05, 4.69) is 102 Å². The molecule has 0 saturated heterocycles. The lowest BCUT2D eigenvalue weighted by molar-refractivity contribution is 1.01. The maximum atomic E-state index is 9.77. The summed E-state index contributed by atoms with van der Waals surface area (Å²) in [4.78, 5) is 14.9. The molecule has 242 valence electrons. The van der Waals surface area contributed by atoms with E-state index in [1.165, 1.54) is 33.0 Å². The zero-order valence-corrected chi connectivity index (χ0v) is 28.0. The van der Waals surface area contributed by atoms with Crippen LogP contribution in [0.3, 0.4) is 0 Å². The van der Waals surface area contributed by atoms with E-state index in [-0.39, 0.29) is 5.92 Å². The van der Waals surface area contributed by atoms with E-state index in [9.17, 15) is 5.26 Å². The van der Waals surface area contributed by atoms with E-state index in [0.29, 0.717) is 23.0 Å². The van der Waals surface area contributed by atoms with Gasteiger partial charge in [0.05, 0.1) is 22.7 Å². The number of para-hydroxylation sites is 1. The van der Waals surface area contributed by atoms with E-state index in [1.54, 1.807) is 0 Å². The van der Waals surface area contributed by atoms with Crippen LogP contribution in [-0.4, -0.2) is 19.5 Å². The number of benzene rings is 7. The minimum Gasteiger partial charge on any atom is -0.309 e. The van der Waals surface area contributed by atoms with E-state index in [1.807, 2.05) is 78.9 Å². The molecule has 0 aliphatic heterocycles. The third-order valence-corrected chi connectivity index (χ3v) is 10.1. The van der Waals surface area contributed by atoms with Gasteiger partial charge < -0.3 is 4.57 Å². The second kappa shape index (κ2) is 12.0. The van der Waals surface area contributed by atoms with Crippen molar-refractivity contribution in [3.63, 3.8) is 0 Å². The first-order valence-corrected chi connectivity index (χ1v) is 17.4. The Morgan fingerprint density at radius 3 is 1.85 bits per heavy atom. The summed E-state index contributed by atoms with van der Waals surface area (Å²) in [5, 5.41) is 12.1. The van der Waals surface area contributed by atoms with Crippen molar-refractivity contribution < 1.29 is 0 Å². The highest BCUT2D eigenvalue weighted by Gasteiger charge is 2.31. The Morgan fingerprint density at radius 1 is 0.462 bits per heavy atom. The highest BCUT2D eigenvalue weighted by atomic mass is 15.0. The lowest BCUT2D eigenvalue weighted by Crippen LogP contribution is -2.02. The first-order chi connectivity index (χ1) is 25.7. The maximum absolute atomic E-state index is 9.77.